The molecule has 0 spiro atoms. The van der Waals surface area contributed by atoms with Crippen molar-refractivity contribution in [1.29, 1.82) is 0 Å². The molecule has 1 aliphatic heterocycles. The van der Waals surface area contributed by atoms with Crippen LogP contribution in [0.4, 0.5) is 13.2 Å². The molecule has 0 bridgehead atoms. The summed E-state index contributed by atoms with van der Waals surface area (Å²) in [7, 11) is 0. The maximum atomic E-state index is 14.5. The van der Waals surface area contributed by atoms with E-state index in [0.29, 0.717) is 12.8 Å². The molecule has 2 atom stereocenters. The number of carbonyl (C=O) groups excluding carboxylic acids is 1. The van der Waals surface area contributed by atoms with Gasteiger partial charge in [-0.2, -0.15) is 13.2 Å². The SMILES string of the molecule is CC(=O)CCCCCCCCCCCCCC[C@H]1NC(C#CC2CC2)(C(F)(F)F)c2cc(Cl)ccc2O1. The molecule has 1 aromatic rings. The standard InChI is InChI=1S/C30H41ClF3NO2/c1-23(36)14-12-10-8-6-4-2-3-5-7-9-11-13-15-28-35-29(30(32,33)34,21-20-24-16-17-24)26-22-25(31)18-19-27(26)37-28/h18-19,22,24,28,35H,2-17H2,1H3/t28-,29?/m0/s1. The Morgan fingerprint density at radius 3 is 2.11 bits per heavy atom. The molecule has 0 radical (unpaired) electrons. The molecule has 37 heavy (non-hydrogen) atoms. The van der Waals surface area contributed by atoms with Gasteiger partial charge in [-0.25, -0.2) is 0 Å². The van der Waals surface area contributed by atoms with Crippen molar-refractivity contribution in [3.8, 4) is 17.6 Å². The normalized spacial score (nSPS) is 21.1. The highest BCUT2D eigenvalue weighted by Crippen LogP contribution is 2.47. The highest BCUT2D eigenvalue weighted by atomic mass is 35.5. The van der Waals surface area contributed by atoms with Gasteiger partial charge in [0.15, 0.2) is 6.23 Å². The lowest BCUT2D eigenvalue weighted by molar-refractivity contribution is -0.195. The Balaban J connectivity index is 1.38. The molecule has 3 nitrogen and oxygen atoms in total. The third-order valence-corrected chi connectivity index (χ3v) is 7.44. The zero-order chi connectivity index (χ0) is 26.7. The summed E-state index contributed by atoms with van der Waals surface area (Å²) in [5.74, 6) is 5.93. The average molecular weight is 540 g/mol. The number of Topliss-reactive ketones (excluding diaryl/α,β-unsaturated/α-hetero) is 1. The van der Waals surface area contributed by atoms with Crippen LogP contribution in [0, 0.1) is 17.8 Å². The van der Waals surface area contributed by atoms with Crippen molar-refractivity contribution in [3.05, 3.63) is 28.8 Å². The number of rotatable bonds is 15. The second kappa shape index (κ2) is 14.4. The minimum absolute atomic E-state index is 0.0442. The first kappa shape index (κ1) is 29.8. The van der Waals surface area contributed by atoms with Gasteiger partial charge >= 0.3 is 6.18 Å². The number of hydrogen-bond acceptors (Lipinski definition) is 3. The van der Waals surface area contributed by atoms with Crippen molar-refractivity contribution >= 4 is 17.4 Å². The lowest BCUT2D eigenvalue weighted by Gasteiger charge is -2.41. The molecule has 1 unspecified atom stereocenters. The van der Waals surface area contributed by atoms with Gasteiger partial charge in [-0.05, 0) is 57.2 Å². The lowest BCUT2D eigenvalue weighted by Crippen LogP contribution is -2.60. The minimum atomic E-state index is -4.61. The third kappa shape index (κ3) is 9.52. The molecule has 0 amide bonds. The number of unbranched alkanes of at least 4 members (excludes halogenated alkanes) is 11. The summed E-state index contributed by atoms with van der Waals surface area (Å²) < 4.78 is 49.4. The summed E-state index contributed by atoms with van der Waals surface area (Å²) in [5.41, 5.74) is -2.51. The summed E-state index contributed by atoms with van der Waals surface area (Å²) in [5, 5.41) is 2.96. The molecule has 7 heteroatoms. The van der Waals surface area contributed by atoms with Crippen LogP contribution in [0.15, 0.2) is 18.2 Å². The van der Waals surface area contributed by atoms with Crippen molar-refractivity contribution in [2.75, 3.05) is 0 Å². The van der Waals surface area contributed by atoms with Crippen molar-refractivity contribution in [2.24, 2.45) is 5.92 Å². The van der Waals surface area contributed by atoms with Crippen LogP contribution in [0.2, 0.25) is 5.02 Å². The van der Waals surface area contributed by atoms with Crippen molar-refractivity contribution in [3.63, 3.8) is 0 Å². The summed E-state index contributed by atoms with van der Waals surface area (Å²) in [4.78, 5) is 10.9. The summed E-state index contributed by atoms with van der Waals surface area (Å²) in [6.07, 6.45) is 11.1. The molecule has 3 rings (SSSR count). The Morgan fingerprint density at radius 1 is 1.00 bits per heavy atom. The second-order valence-electron chi connectivity index (χ2n) is 10.7. The number of nitrogens with one attached hydrogen (secondary N) is 1. The average Bonchev–Trinajstić information content (AvgIpc) is 3.66. The van der Waals surface area contributed by atoms with E-state index < -0.39 is 17.9 Å². The third-order valence-electron chi connectivity index (χ3n) is 7.20. The predicted molar refractivity (Wildman–Crippen MR) is 143 cm³/mol. The van der Waals surface area contributed by atoms with E-state index in [0.717, 1.165) is 51.4 Å². The van der Waals surface area contributed by atoms with Crippen molar-refractivity contribution in [2.45, 2.75) is 128 Å². The molecular formula is C30H41ClF3NO2. The van der Waals surface area contributed by atoms with Crippen LogP contribution in [0.3, 0.4) is 0 Å². The van der Waals surface area contributed by atoms with Gasteiger partial charge in [0, 0.05) is 22.9 Å². The van der Waals surface area contributed by atoms with E-state index in [-0.39, 0.29) is 28.0 Å². The van der Waals surface area contributed by atoms with Gasteiger partial charge in [-0.15, -0.1) is 0 Å². The molecule has 1 fully saturated rings. The first-order valence-electron chi connectivity index (χ1n) is 14.0. The fourth-order valence-corrected chi connectivity index (χ4v) is 5.02. The first-order valence-corrected chi connectivity index (χ1v) is 14.4. The van der Waals surface area contributed by atoms with Crippen molar-refractivity contribution in [1.82, 2.24) is 5.32 Å². The maximum absolute atomic E-state index is 14.5. The molecule has 2 aliphatic rings. The van der Waals surface area contributed by atoms with E-state index >= 15 is 0 Å². The Kier molecular flexibility index (Phi) is 11.7. The van der Waals surface area contributed by atoms with Crippen LogP contribution >= 0.6 is 11.6 Å². The van der Waals surface area contributed by atoms with Crippen molar-refractivity contribution < 1.29 is 22.7 Å². The molecule has 0 saturated heterocycles. The number of ketones is 1. The molecule has 0 aromatic heterocycles. The number of benzene rings is 1. The fraction of sp³-hybridized carbons (Fsp3) is 0.700. The topological polar surface area (TPSA) is 38.3 Å². The van der Waals surface area contributed by atoms with Crippen LogP contribution in [0.5, 0.6) is 5.75 Å². The number of carbonyl (C=O) groups is 1. The van der Waals surface area contributed by atoms with Gasteiger partial charge in [0.05, 0.1) is 0 Å². The van der Waals surface area contributed by atoms with E-state index in [9.17, 15) is 18.0 Å². The molecule has 1 N–H and O–H groups in total. The molecule has 1 saturated carbocycles. The summed E-state index contributed by atoms with van der Waals surface area (Å²) in [6.45, 7) is 1.65. The van der Waals surface area contributed by atoms with E-state index in [4.69, 9.17) is 16.3 Å². The second-order valence-corrected chi connectivity index (χ2v) is 11.1. The zero-order valence-corrected chi connectivity index (χ0v) is 22.8. The molecule has 1 aromatic carbocycles. The van der Waals surface area contributed by atoms with Crippen LogP contribution in [-0.2, 0) is 10.3 Å². The van der Waals surface area contributed by atoms with Crippen LogP contribution < -0.4 is 10.1 Å². The van der Waals surface area contributed by atoms with E-state index in [2.05, 4.69) is 17.2 Å². The van der Waals surface area contributed by atoms with E-state index in [1.54, 1.807) is 13.0 Å². The smallest absolute Gasteiger partial charge is 0.422 e. The number of alkyl halides is 3. The van der Waals surface area contributed by atoms with Gasteiger partial charge in [-0.3, -0.25) is 5.32 Å². The van der Waals surface area contributed by atoms with Gasteiger partial charge in [-0.1, -0.05) is 87.7 Å². The predicted octanol–water partition coefficient (Wildman–Crippen LogP) is 8.87. The Morgan fingerprint density at radius 2 is 1.57 bits per heavy atom. The molecular weight excluding hydrogens is 499 g/mol. The summed E-state index contributed by atoms with van der Waals surface area (Å²) >= 11 is 6.06. The number of hydrogen-bond donors (Lipinski definition) is 1. The van der Waals surface area contributed by atoms with Gasteiger partial charge < -0.3 is 9.53 Å². The number of halogens is 4. The van der Waals surface area contributed by atoms with Gasteiger partial charge in [0.1, 0.15) is 11.5 Å². The molecule has 206 valence electrons. The van der Waals surface area contributed by atoms with Gasteiger partial charge in [0.2, 0.25) is 5.54 Å². The molecule has 1 aliphatic carbocycles. The lowest BCUT2D eigenvalue weighted by atomic mass is 9.86. The quantitative estimate of drug-likeness (QED) is 0.179. The number of fused-ring (bicyclic) bond motifs is 1. The zero-order valence-electron chi connectivity index (χ0n) is 22.0. The minimum Gasteiger partial charge on any atom is -0.475 e. The van der Waals surface area contributed by atoms with Crippen LogP contribution in [-0.4, -0.2) is 18.2 Å². The van der Waals surface area contributed by atoms with E-state index in [1.807, 2.05) is 0 Å². The first-order chi connectivity index (χ1) is 17.7. The largest absolute Gasteiger partial charge is 0.475 e. The van der Waals surface area contributed by atoms with Gasteiger partial charge in [0.25, 0.3) is 0 Å². The van der Waals surface area contributed by atoms with Crippen LogP contribution in [0.25, 0.3) is 0 Å². The Bertz CT molecular complexity index is 935. The maximum Gasteiger partial charge on any atom is 0.422 e. The highest BCUT2D eigenvalue weighted by molar-refractivity contribution is 6.30. The monoisotopic (exact) mass is 539 g/mol. The van der Waals surface area contributed by atoms with E-state index in [1.165, 1.54) is 50.7 Å². The Hall–Kier alpha value is -1.71. The fourth-order valence-electron chi connectivity index (χ4n) is 4.85. The number of ether oxygens (including phenoxy) is 1. The summed E-state index contributed by atoms with van der Waals surface area (Å²) in [6, 6.07) is 4.41. The Labute approximate surface area is 225 Å². The highest BCUT2D eigenvalue weighted by Gasteiger charge is 2.59. The molecule has 1 heterocycles. The van der Waals surface area contributed by atoms with Crippen LogP contribution in [0.1, 0.15) is 115 Å².